The molecule has 0 radical (unpaired) electrons. The van der Waals surface area contributed by atoms with E-state index in [-0.39, 0.29) is 6.54 Å². The maximum atomic E-state index is 11.0. The van der Waals surface area contributed by atoms with Crippen LogP contribution in [0.3, 0.4) is 0 Å². The third kappa shape index (κ3) is 9.18. The summed E-state index contributed by atoms with van der Waals surface area (Å²) in [6.45, 7) is 3.87. The Labute approximate surface area is 117 Å². The minimum Gasteiger partial charge on any atom is -0.379 e. The van der Waals surface area contributed by atoms with Crippen LogP contribution in [0.1, 0.15) is 6.42 Å². The van der Waals surface area contributed by atoms with Crippen LogP contribution in [0.5, 0.6) is 0 Å². The van der Waals surface area contributed by atoms with Crippen molar-refractivity contribution in [3.05, 3.63) is 0 Å². The van der Waals surface area contributed by atoms with Crippen molar-refractivity contribution in [2.24, 2.45) is 0 Å². The van der Waals surface area contributed by atoms with Gasteiger partial charge >= 0.3 is 15.2 Å². The smallest absolute Gasteiger partial charge is 0.339 e. The van der Waals surface area contributed by atoms with Crippen LogP contribution >= 0.6 is 15.2 Å². The summed E-state index contributed by atoms with van der Waals surface area (Å²) < 4.78 is 27.1. The Kier molecular flexibility index (Phi) is 7.28. The van der Waals surface area contributed by atoms with Crippen LogP contribution in [0.15, 0.2) is 0 Å². The van der Waals surface area contributed by atoms with E-state index < -0.39 is 27.8 Å². The van der Waals surface area contributed by atoms with Crippen LogP contribution in [0.25, 0.3) is 0 Å². The second-order valence-corrected chi connectivity index (χ2v) is 8.04. The summed E-state index contributed by atoms with van der Waals surface area (Å²) in [5, 5.41) is 0. The van der Waals surface area contributed by atoms with Gasteiger partial charge in [-0.15, -0.1) is 0 Å². The molecule has 9 nitrogen and oxygen atoms in total. The van der Waals surface area contributed by atoms with Gasteiger partial charge in [0, 0.05) is 19.6 Å². The highest BCUT2D eigenvalue weighted by Crippen LogP contribution is 2.40. The molecule has 20 heavy (non-hydrogen) atoms. The van der Waals surface area contributed by atoms with Gasteiger partial charge in [-0.2, -0.15) is 0 Å². The molecule has 0 atom stereocenters. The molecule has 120 valence electrons. The summed E-state index contributed by atoms with van der Waals surface area (Å²) in [5.41, 5.74) is 0. The van der Waals surface area contributed by atoms with Crippen LogP contribution in [-0.4, -0.2) is 81.3 Å². The molecule has 0 aromatic rings. The lowest BCUT2D eigenvalue weighted by atomic mass is 10.3. The molecule has 0 unspecified atom stereocenters. The van der Waals surface area contributed by atoms with Gasteiger partial charge in [-0.3, -0.25) is 18.9 Å². The first-order chi connectivity index (χ1) is 9.16. The maximum absolute atomic E-state index is 11.0. The molecule has 1 aliphatic heterocycles. The number of ether oxygens (including phenoxy) is 1. The predicted molar refractivity (Wildman–Crippen MR) is 72.4 cm³/mol. The predicted octanol–water partition coefficient (Wildman–Crippen LogP) is -0.719. The molecule has 0 spiro atoms. The third-order valence-electron chi connectivity index (χ3n) is 2.82. The summed E-state index contributed by atoms with van der Waals surface area (Å²) in [5.74, 6) is 0. The van der Waals surface area contributed by atoms with Gasteiger partial charge in [0.05, 0.1) is 13.2 Å². The molecule has 1 aliphatic rings. The lowest BCUT2D eigenvalue weighted by molar-refractivity contribution is 0.0364. The highest BCUT2D eigenvalue weighted by atomic mass is 31.2. The van der Waals surface area contributed by atoms with Crippen molar-refractivity contribution in [1.29, 1.82) is 0 Å². The van der Waals surface area contributed by atoms with Crippen molar-refractivity contribution < 1.29 is 33.4 Å². The number of nitrogens with zero attached hydrogens (tertiary/aromatic N) is 2. The fourth-order valence-corrected chi connectivity index (χ4v) is 3.73. The van der Waals surface area contributed by atoms with Gasteiger partial charge in [-0.25, -0.2) is 0 Å². The SMILES string of the molecule is O=P(O)(O)CN(CCCN1CCOCC1)CP(=O)(O)O. The quantitative estimate of drug-likeness (QED) is 0.425. The van der Waals surface area contributed by atoms with Crippen molar-refractivity contribution in [3.63, 3.8) is 0 Å². The zero-order valence-electron chi connectivity index (χ0n) is 11.2. The maximum Gasteiger partial charge on any atom is 0.339 e. The van der Waals surface area contributed by atoms with E-state index in [9.17, 15) is 9.13 Å². The van der Waals surface area contributed by atoms with E-state index in [1.807, 2.05) is 0 Å². The van der Waals surface area contributed by atoms with Crippen molar-refractivity contribution in [2.75, 3.05) is 52.0 Å². The molecule has 0 aromatic heterocycles. The average molecular weight is 332 g/mol. The van der Waals surface area contributed by atoms with E-state index in [0.29, 0.717) is 26.2 Å². The summed E-state index contributed by atoms with van der Waals surface area (Å²) in [6, 6.07) is 0. The van der Waals surface area contributed by atoms with E-state index in [1.165, 1.54) is 0 Å². The fourth-order valence-electron chi connectivity index (χ4n) is 2.05. The Morgan fingerprint density at radius 3 is 1.95 bits per heavy atom. The van der Waals surface area contributed by atoms with Crippen LogP contribution < -0.4 is 0 Å². The first kappa shape index (κ1) is 18.2. The Morgan fingerprint density at radius 2 is 1.50 bits per heavy atom. The van der Waals surface area contributed by atoms with Gasteiger partial charge in [-0.1, -0.05) is 0 Å². The summed E-state index contributed by atoms with van der Waals surface area (Å²) in [7, 11) is -8.66. The van der Waals surface area contributed by atoms with Crippen molar-refractivity contribution in [2.45, 2.75) is 6.42 Å². The third-order valence-corrected chi connectivity index (χ3v) is 4.36. The molecule has 1 heterocycles. The number of morpholine rings is 1. The minimum absolute atomic E-state index is 0.230. The molecule has 11 heteroatoms. The van der Waals surface area contributed by atoms with Gasteiger partial charge in [0.25, 0.3) is 0 Å². The largest absolute Gasteiger partial charge is 0.379 e. The van der Waals surface area contributed by atoms with E-state index in [2.05, 4.69) is 4.90 Å². The molecular formula is C9H22N2O7P2. The van der Waals surface area contributed by atoms with Gasteiger partial charge in [0.2, 0.25) is 0 Å². The number of hydrogen-bond donors (Lipinski definition) is 4. The molecule has 0 saturated carbocycles. The van der Waals surface area contributed by atoms with E-state index in [0.717, 1.165) is 18.0 Å². The number of hydrogen-bond acceptors (Lipinski definition) is 5. The first-order valence-corrected chi connectivity index (χ1v) is 9.87. The van der Waals surface area contributed by atoms with Gasteiger partial charge in [0.15, 0.2) is 0 Å². The number of rotatable bonds is 8. The fraction of sp³-hybridized carbons (Fsp3) is 1.00. The molecule has 1 fully saturated rings. The molecule has 0 aromatic carbocycles. The lowest BCUT2D eigenvalue weighted by Crippen LogP contribution is -2.38. The molecule has 0 bridgehead atoms. The van der Waals surface area contributed by atoms with Crippen LogP contribution in [0.4, 0.5) is 0 Å². The summed E-state index contributed by atoms with van der Waals surface area (Å²) in [6.07, 6.45) is -0.692. The molecule has 0 amide bonds. The van der Waals surface area contributed by atoms with E-state index >= 15 is 0 Å². The zero-order chi connectivity index (χ0) is 15.2. The Hall–Kier alpha value is 0.180. The van der Waals surface area contributed by atoms with Crippen LogP contribution in [0, 0.1) is 0 Å². The summed E-state index contributed by atoms with van der Waals surface area (Å²) >= 11 is 0. The highest BCUT2D eigenvalue weighted by Gasteiger charge is 2.25. The van der Waals surface area contributed by atoms with Gasteiger partial charge < -0.3 is 24.3 Å². The minimum atomic E-state index is -4.33. The first-order valence-electron chi connectivity index (χ1n) is 6.27. The van der Waals surface area contributed by atoms with E-state index in [1.54, 1.807) is 0 Å². The van der Waals surface area contributed by atoms with Gasteiger partial charge in [0.1, 0.15) is 12.6 Å². The van der Waals surface area contributed by atoms with Crippen LogP contribution in [0.2, 0.25) is 0 Å². The van der Waals surface area contributed by atoms with Crippen molar-refractivity contribution in [1.82, 2.24) is 9.80 Å². The standard InChI is InChI=1S/C9H22N2O7P2/c12-19(13,14)8-11(9-20(15,16)17)3-1-2-10-4-6-18-7-5-10/h1-9H2,(H2,12,13,14)(H2,15,16,17). The normalized spacial score (nSPS) is 18.6. The Balaban J connectivity index is 2.39. The zero-order valence-corrected chi connectivity index (χ0v) is 13.0. The molecule has 4 N–H and O–H groups in total. The Bertz CT molecular complexity index is 352. The molecule has 0 aliphatic carbocycles. The second-order valence-electron chi connectivity index (χ2n) is 4.81. The monoisotopic (exact) mass is 332 g/mol. The highest BCUT2D eigenvalue weighted by molar-refractivity contribution is 7.52. The van der Waals surface area contributed by atoms with E-state index in [4.69, 9.17) is 24.3 Å². The molecule has 1 saturated heterocycles. The summed E-state index contributed by atoms with van der Waals surface area (Å²) in [4.78, 5) is 39.0. The average Bonchev–Trinajstić information content (AvgIpc) is 2.25. The molecular weight excluding hydrogens is 310 g/mol. The molecule has 1 rings (SSSR count). The van der Waals surface area contributed by atoms with Crippen LogP contribution in [-0.2, 0) is 13.9 Å². The topological polar surface area (TPSA) is 131 Å². The Morgan fingerprint density at radius 1 is 1.00 bits per heavy atom. The van der Waals surface area contributed by atoms with Crippen molar-refractivity contribution in [3.8, 4) is 0 Å². The van der Waals surface area contributed by atoms with Gasteiger partial charge in [-0.05, 0) is 13.0 Å². The second kappa shape index (κ2) is 7.98. The van der Waals surface area contributed by atoms with Crippen molar-refractivity contribution >= 4 is 15.2 Å². The lowest BCUT2D eigenvalue weighted by Gasteiger charge is -2.28.